The van der Waals surface area contributed by atoms with E-state index in [1.165, 1.54) is 12.1 Å². The van der Waals surface area contributed by atoms with E-state index >= 15 is 0 Å². The van der Waals surface area contributed by atoms with Crippen molar-refractivity contribution in [2.75, 3.05) is 19.0 Å². The van der Waals surface area contributed by atoms with Crippen molar-refractivity contribution in [1.82, 2.24) is 15.5 Å². The molecule has 1 atom stereocenters. The average Bonchev–Trinajstić information content (AvgIpc) is 3.19. The van der Waals surface area contributed by atoms with Gasteiger partial charge in [0.1, 0.15) is 5.82 Å². The third kappa shape index (κ3) is 6.27. The van der Waals surface area contributed by atoms with Gasteiger partial charge in [-0.2, -0.15) is 5.10 Å². The number of aromatic nitrogens is 2. The molecule has 0 saturated heterocycles. The number of benzene rings is 2. The molecule has 0 fully saturated rings. The summed E-state index contributed by atoms with van der Waals surface area (Å²) in [4.78, 5) is 17.0. The Kier molecular flexibility index (Phi) is 7.62. The first-order chi connectivity index (χ1) is 14.9. The molecule has 3 aromatic rings. The molecule has 2 aromatic carbocycles. The van der Waals surface area contributed by atoms with Crippen molar-refractivity contribution < 1.29 is 13.9 Å². The van der Waals surface area contributed by atoms with Crippen molar-refractivity contribution in [1.29, 1.82) is 0 Å². The number of carbonyl (C=O) groups excluding carboxylic acids is 1. The van der Waals surface area contributed by atoms with Crippen LogP contribution in [0.25, 0.3) is 11.3 Å². The van der Waals surface area contributed by atoms with Crippen LogP contribution < -0.4 is 10.6 Å². The Morgan fingerprint density at radius 2 is 1.97 bits per heavy atom. The number of nitrogens with one attached hydrogen (secondary N) is 3. The second kappa shape index (κ2) is 10.4. The summed E-state index contributed by atoms with van der Waals surface area (Å²) in [7, 11) is 1.56. The van der Waals surface area contributed by atoms with Crippen LogP contribution in [0.4, 0.5) is 10.2 Å². The molecule has 3 N–H and O–H groups in total. The van der Waals surface area contributed by atoms with Crippen molar-refractivity contribution in [3.8, 4) is 11.3 Å². The van der Waals surface area contributed by atoms with E-state index in [0.717, 1.165) is 17.3 Å². The molecule has 162 valence electrons. The SMILES string of the molecule is COC[C@H](C)N=C(NC(=O)c1ccc(Cl)c(F)c1)Nc1cc(-c2ccc(Cl)cc2)[nH]n1. The largest absolute Gasteiger partial charge is 0.382 e. The highest BCUT2D eigenvalue weighted by Gasteiger charge is 2.14. The van der Waals surface area contributed by atoms with Crippen molar-refractivity contribution in [2.45, 2.75) is 13.0 Å². The van der Waals surface area contributed by atoms with Gasteiger partial charge in [0.25, 0.3) is 5.91 Å². The van der Waals surface area contributed by atoms with Gasteiger partial charge in [-0.05, 0) is 42.8 Å². The van der Waals surface area contributed by atoms with E-state index in [9.17, 15) is 9.18 Å². The predicted octanol–water partition coefficient (Wildman–Crippen LogP) is 4.76. The molecule has 1 aromatic heterocycles. The number of rotatable bonds is 6. The van der Waals surface area contributed by atoms with Crippen LogP contribution in [0.3, 0.4) is 0 Å². The zero-order chi connectivity index (χ0) is 22.4. The zero-order valence-electron chi connectivity index (χ0n) is 16.7. The Morgan fingerprint density at radius 1 is 1.23 bits per heavy atom. The molecule has 0 aliphatic heterocycles. The van der Waals surface area contributed by atoms with E-state index in [2.05, 4.69) is 25.8 Å². The summed E-state index contributed by atoms with van der Waals surface area (Å²) in [6, 6.07) is 12.5. The molecule has 0 bridgehead atoms. The zero-order valence-corrected chi connectivity index (χ0v) is 18.3. The summed E-state index contributed by atoms with van der Waals surface area (Å²) in [5, 5.41) is 13.3. The quantitative estimate of drug-likeness (QED) is 0.363. The smallest absolute Gasteiger partial charge is 0.258 e. The fourth-order valence-electron chi connectivity index (χ4n) is 2.70. The molecular formula is C21H20Cl2FN5O2. The molecule has 31 heavy (non-hydrogen) atoms. The molecule has 10 heteroatoms. The maximum absolute atomic E-state index is 13.7. The minimum atomic E-state index is -0.687. The van der Waals surface area contributed by atoms with Gasteiger partial charge >= 0.3 is 0 Å². The summed E-state index contributed by atoms with van der Waals surface area (Å²) in [5.74, 6) is -0.678. The number of amides is 1. The van der Waals surface area contributed by atoms with Crippen LogP contribution in [0.15, 0.2) is 53.5 Å². The normalized spacial score (nSPS) is 12.5. The van der Waals surface area contributed by atoms with Gasteiger partial charge in [-0.25, -0.2) is 9.38 Å². The number of hydrogen-bond acceptors (Lipinski definition) is 4. The van der Waals surface area contributed by atoms with E-state index in [4.69, 9.17) is 27.9 Å². The highest BCUT2D eigenvalue weighted by atomic mass is 35.5. The molecule has 3 rings (SSSR count). The third-order valence-electron chi connectivity index (χ3n) is 4.15. The maximum atomic E-state index is 13.7. The number of nitrogens with zero attached hydrogens (tertiary/aromatic N) is 2. The number of anilines is 1. The number of carbonyl (C=O) groups is 1. The predicted molar refractivity (Wildman–Crippen MR) is 120 cm³/mol. The van der Waals surface area contributed by atoms with Gasteiger partial charge in [0.05, 0.1) is 23.4 Å². The van der Waals surface area contributed by atoms with Gasteiger partial charge in [-0.3, -0.25) is 15.2 Å². The first-order valence-electron chi connectivity index (χ1n) is 9.27. The third-order valence-corrected chi connectivity index (χ3v) is 4.71. The Bertz CT molecular complexity index is 1090. The number of ether oxygens (including phenoxy) is 1. The van der Waals surface area contributed by atoms with E-state index in [0.29, 0.717) is 17.4 Å². The van der Waals surface area contributed by atoms with Gasteiger partial charge in [0.15, 0.2) is 5.82 Å². The molecular weight excluding hydrogens is 444 g/mol. The van der Waals surface area contributed by atoms with E-state index < -0.39 is 11.7 Å². The Hall–Kier alpha value is -2.94. The lowest BCUT2D eigenvalue weighted by Gasteiger charge is -2.13. The highest BCUT2D eigenvalue weighted by molar-refractivity contribution is 6.31. The number of aromatic amines is 1. The standard InChI is InChI=1S/C21H20Cl2FN5O2/c1-12(11-31-2)25-21(27-20(30)14-5-8-16(23)17(24)9-14)26-19-10-18(28-29-19)13-3-6-15(22)7-4-13/h3-10,12H,11H2,1-2H3,(H3,25,26,27,28,29,30)/t12-/m0/s1. The van der Waals surface area contributed by atoms with E-state index in [1.54, 1.807) is 25.3 Å². The first-order valence-corrected chi connectivity index (χ1v) is 10.0. The van der Waals surface area contributed by atoms with Crippen LogP contribution >= 0.6 is 23.2 Å². The molecule has 0 unspecified atom stereocenters. The first kappa shape index (κ1) is 22.7. The van der Waals surface area contributed by atoms with Crippen molar-refractivity contribution >= 4 is 40.9 Å². The molecule has 7 nitrogen and oxygen atoms in total. The second-order valence-electron chi connectivity index (χ2n) is 6.66. The second-order valence-corrected chi connectivity index (χ2v) is 7.51. The Morgan fingerprint density at radius 3 is 2.65 bits per heavy atom. The summed E-state index contributed by atoms with van der Waals surface area (Å²) in [5.41, 5.74) is 1.73. The number of methoxy groups -OCH3 is 1. The Balaban J connectivity index is 1.80. The molecule has 0 saturated carbocycles. The number of guanidine groups is 1. The summed E-state index contributed by atoms with van der Waals surface area (Å²) < 4.78 is 18.8. The fourth-order valence-corrected chi connectivity index (χ4v) is 2.94. The lowest BCUT2D eigenvalue weighted by Crippen LogP contribution is -2.37. The summed E-state index contributed by atoms with van der Waals surface area (Å²) in [6.45, 7) is 2.16. The summed E-state index contributed by atoms with van der Waals surface area (Å²) >= 11 is 11.6. The van der Waals surface area contributed by atoms with Crippen LogP contribution in [0.2, 0.25) is 10.0 Å². The molecule has 1 heterocycles. The minimum absolute atomic E-state index is 0.0662. The number of H-pyrrole nitrogens is 1. The molecule has 1 amide bonds. The van der Waals surface area contributed by atoms with Crippen molar-refractivity contribution in [3.05, 3.63) is 70.0 Å². The molecule has 0 aliphatic rings. The monoisotopic (exact) mass is 463 g/mol. The van der Waals surface area contributed by atoms with E-state index in [1.807, 2.05) is 19.1 Å². The van der Waals surface area contributed by atoms with Crippen LogP contribution in [-0.2, 0) is 4.74 Å². The maximum Gasteiger partial charge on any atom is 0.258 e. The van der Waals surface area contributed by atoms with Gasteiger partial charge in [-0.1, -0.05) is 35.3 Å². The number of aliphatic imine (C=N–C) groups is 1. The topological polar surface area (TPSA) is 91.4 Å². The van der Waals surface area contributed by atoms with Gasteiger partial charge in [0.2, 0.25) is 5.96 Å². The molecule has 0 radical (unpaired) electrons. The number of halogens is 3. The van der Waals surface area contributed by atoms with Gasteiger partial charge in [0, 0.05) is 23.8 Å². The van der Waals surface area contributed by atoms with Crippen molar-refractivity contribution in [2.24, 2.45) is 4.99 Å². The number of hydrogen-bond donors (Lipinski definition) is 3. The van der Waals surface area contributed by atoms with Crippen molar-refractivity contribution in [3.63, 3.8) is 0 Å². The van der Waals surface area contributed by atoms with E-state index in [-0.39, 0.29) is 22.6 Å². The molecule has 0 spiro atoms. The van der Waals surface area contributed by atoms with Crippen LogP contribution in [0.5, 0.6) is 0 Å². The molecule has 0 aliphatic carbocycles. The van der Waals surface area contributed by atoms with Gasteiger partial charge in [-0.15, -0.1) is 0 Å². The summed E-state index contributed by atoms with van der Waals surface area (Å²) in [6.07, 6.45) is 0. The van der Waals surface area contributed by atoms with Crippen LogP contribution in [-0.4, -0.2) is 41.8 Å². The van der Waals surface area contributed by atoms with Crippen LogP contribution in [0.1, 0.15) is 17.3 Å². The fraction of sp³-hybridized carbons (Fsp3) is 0.190. The highest BCUT2D eigenvalue weighted by Crippen LogP contribution is 2.22. The van der Waals surface area contributed by atoms with Crippen LogP contribution in [0, 0.1) is 5.82 Å². The Labute approximate surface area is 188 Å². The van der Waals surface area contributed by atoms with Gasteiger partial charge < -0.3 is 10.1 Å². The lowest BCUT2D eigenvalue weighted by atomic mass is 10.1. The lowest BCUT2D eigenvalue weighted by molar-refractivity contribution is 0.0976. The average molecular weight is 464 g/mol. The minimum Gasteiger partial charge on any atom is -0.382 e.